The highest BCUT2D eigenvalue weighted by atomic mass is 32.2. The van der Waals surface area contributed by atoms with E-state index in [9.17, 15) is 8.42 Å². The van der Waals surface area contributed by atoms with Crippen LogP contribution in [0, 0.1) is 11.3 Å². The summed E-state index contributed by atoms with van der Waals surface area (Å²) >= 11 is 0.957. The Balaban J connectivity index is 2.28. The molecule has 1 heterocycles. The van der Waals surface area contributed by atoms with Crippen molar-refractivity contribution >= 4 is 27.0 Å². The van der Waals surface area contributed by atoms with Crippen molar-refractivity contribution < 1.29 is 8.42 Å². The normalized spacial score (nSPS) is 10.9. The molecule has 0 unspecified atom stereocenters. The van der Waals surface area contributed by atoms with Crippen molar-refractivity contribution in [1.82, 2.24) is 0 Å². The van der Waals surface area contributed by atoms with Gasteiger partial charge in [-0.25, -0.2) is 8.42 Å². The second kappa shape index (κ2) is 5.43. The lowest BCUT2D eigenvalue weighted by Crippen LogP contribution is -2.11. The predicted molar refractivity (Wildman–Crippen MR) is 75.7 cm³/mol. The molecule has 0 bridgehead atoms. The Morgan fingerprint density at radius 2 is 2.11 bits per heavy atom. The van der Waals surface area contributed by atoms with E-state index in [1.165, 1.54) is 12.1 Å². The molecule has 1 aromatic carbocycles. The standard InChI is InChI=1S/C13H12N2O2S2/c1-2-10-4-3-5-11(8-10)15-19(16,17)13-7-6-12(9-14)18-13/h3-8,15H,2H2,1H3. The van der Waals surface area contributed by atoms with Crippen LogP contribution in [0.25, 0.3) is 0 Å². The Morgan fingerprint density at radius 1 is 1.32 bits per heavy atom. The molecule has 2 rings (SSSR count). The molecule has 0 aliphatic rings. The van der Waals surface area contributed by atoms with E-state index in [1.807, 2.05) is 25.1 Å². The van der Waals surface area contributed by atoms with Gasteiger partial charge in [-0.1, -0.05) is 19.1 Å². The zero-order chi connectivity index (χ0) is 13.9. The monoisotopic (exact) mass is 292 g/mol. The molecule has 0 radical (unpaired) electrons. The van der Waals surface area contributed by atoms with Crippen LogP contribution in [0.5, 0.6) is 0 Å². The molecule has 0 fully saturated rings. The average Bonchev–Trinajstić information content (AvgIpc) is 2.88. The third kappa shape index (κ3) is 3.13. The van der Waals surface area contributed by atoms with E-state index < -0.39 is 10.0 Å². The minimum atomic E-state index is -3.61. The van der Waals surface area contributed by atoms with E-state index in [0.717, 1.165) is 23.3 Å². The van der Waals surface area contributed by atoms with Crippen molar-refractivity contribution in [2.24, 2.45) is 0 Å². The minimum absolute atomic E-state index is 0.144. The van der Waals surface area contributed by atoms with Gasteiger partial charge < -0.3 is 0 Å². The van der Waals surface area contributed by atoms with Crippen molar-refractivity contribution in [2.45, 2.75) is 17.6 Å². The van der Waals surface area contributed by atoms with Gasteiger partial charge in [0.15, 0.2) is 0 Å². The van der Waals surface area contributed by atoms with Gasteiger partial charge in [-0.2, -0.15) is 5.26 Å². The molecule has 2 aromatic rings. The first-order valence-corrected chi connectivity index (χ1v) is 7.97. The molecule has 0 aliphatic carbocycles. The molecular weight excluding hydrogens is 280 g/mol. The van der Waals surface area contributed by atoms with Crippen LogP contribution in [0.3, 0.4) is 0 Å². The molecular formula is C13H12N2O2S2. The lowest BCUT2D eigenvalue weighted by molar-refractivity contribution is 0.603. The molecule has 0 amide bonds. The topological polar surface area (TPSA) is 70.0 Å². The third-order valence-corrected chi connectivity index (χ3v) is 5.41. The Kier molecular flexibility index (Phi) is 3.88. The maximum absolute atomic E-state index is 12.1. The summed E-state index contributed by atoms with van der Waals surface area (Å²) in [6.07, 6.45) is 0.840. The number of aryl methyl sites for hydroxylation is 1. The fraction of sp³-hybridized carbons (Fsp3) is 0.154. The largest absolute Gasteiger partial charge is 0.279 e. The zero-order valence-electron chi connectivity index (χ0n) is 10.3. The van der Waals surface area contributed by atoms with Crippen molar-refractivity contribution in [3.8, 4) is 6.07 Å². The second-order valence-electron chi connectivity index (χ2n) is 3.89. The summed E-state index contributed by atoms with van der Waals surface area (Å²) < 4.78 is 26.9. The van der Waals surface area contributed by atoms with Gasteiger partial charge in [-0.15, -0.1) is 11.3 Å². The number of sulfonamides is 1. The van der Waals surface area contributed by atoms with Crippen LogP contribution in [-0.2, 0) is 16.4 Å². The molecule has 1 aromatic heterocycles. The summed E-state index contributed by atoms with van der Waals surface area (Å²) in [5, 5.41) is 8.72. The lowest BCUT2D eigenvalue weighted by atomic mass is 10.1. The number of hydrogen-bond acceptors (Lipinski definition) is 4. The van der Waals surface area contributed by atoms with E-state index in [-0.39, 0.29) is 4.21 Å². The highest BCUT2D eigenvalue weighted by molar-refractivity contribution is 7.94. The quantitative estimate of drug-likeness (QED) is 0.941. The molecule has 4 nitrogen and oxygen atoms in total. The van der Waals surface area contributed by atoms with Gasteiger partial charge in [0, 0.05) is 5.69 Å². The van der Waals surface area contributed by atoms with Gasteiger partial charge in [0.25, 0.3) is 10.0 Å². The van der Waals surface area contributed by atoms with Crippen molar-refractivity contribution in [2.75, 3.05) is 4.72 Å². The van der Waals surface area contributed by atoms with Crippen LogP contribution in [0.2, 0.25) is 0 Å². The highest BCUT2D eigenvalue weighted by Gasteiger charge is 2.17. The van der Waals surface area contributed by atoms with Gasteiger partial charge in [-0.3, -0.25) is 4.72 Å². The molecule has 0 saturated carbocycles. The summed E-state index contributed by atoms with van der Waals surface area (Å²) in [5.41, 5.74) is 1.59. The van der Waals surface area contributed by atoms with Crippen molar-refractivity contribution in [3.63, 3.8) is 0 Å². The fourth-order valence-corrected chi connectivity index (χ4v) is 3.74. The van der Waals surface area contributed by atoms with Gasteiger partial charge in [0.05, 0.1) is 0 Å². The van der Waals surface area contributed by atoms with Gasteiger partial charge in [-0.05, 0) is 36.2 Å². The van der Waals surface area contributed by atoms with Crippen LogP contribution in [0.1, 0.15) is 17.4 Å². The van der Waals surface area contributed by atoms with E-state index in [0.29, 0.717) is 10.6 Å². The van der Waals surface area contributed by atoms with E-state index in [1.54, 1.807) is 12.1 Å². The van der Waals surface area contributed by atoms with Gasteiger partial charge in [0.2, 0.25) is 0 Å². The number of thiophene rings is 1. The lowest BCUT2D eigenvalue weighted by Gasteiger charge is -2.07. The first-order chi connectivity index (χ1) is 9.05. The number of hydrogen-bond donors (Lipinski definition) is 1. The molecule has 6 heteroatoms. The van der Waals surface area contributed by atoms with Crippen LogP contribution in [-0.4, -0.2) is 8.42 Å². The Labute approximate surface area is 116 Å². The molecule has 0 spiro atoms. The van der Waals surface area contributed by atoms with Gasteiger partial charge >= 0.3 is 0 Å². The zero-order valence-corrected chi connectivity index (χ0v) is 11.9. The number of nitriles is 1. The first-order valence-electron chi connectivity index (χ1n) is 5.67. The Hall–Kier alpha value is -1.84. The third-order valence-electron chi connectivity index (χ3n) is 2.54. The van der Waals surface area contributed by atoms with E-state index >= 15 is 0 Å². The Bertz CT molecular complexity index is 727. The molecule has 0 atom stereocenters. The number of rotatable bonds is 4. The van der Waals surface area contributed by atoms with Crippen LogP contribution in [0.15, 0.2) is 40.6 Å². The van der Waals surface area contributed by atoms with Crippen molar-refractivity contribution in [1.29, 1.82) is 5.26 Å². The van der Waals surface area contributed by atoms with Crippen molar-refractivity contribution in [3.05, 3.63) is 46.8 Å². The van der Waals surface area contributed by atoms with Gasteiger partial charge in [0.1, 0.15) is 15.2 Å². The summed E-state index contributed by atoms with van der Waals surface area (Å²) in [4.78, 5) is 0.377. The SMILES string of the molecule is CCc1cccc(NS(=O)(=O)c2ccc(C#N)s2)c1. The molecule has 0 aliphatic heterocycles. The fourth-order valence-electron chi connectivity index (χ4n) is 1.58. The second-order valence-corrected chi connectivity index (χ2v) is 6.88. The van der Waals surface area contributed by atoms with E-state index in [4.69, 9.17) is 5.26 Å². The van der Waals surface area contributed by atoms with Crippen LogP contribution >= 0.6 is 11.3 Å². The summed E-state index contributed by atoms with van der Waals surface area (Å²) in [5.74, 6) is 0. The van der Waals surface area contributed by atoms with E-state index in [2.05, 4.69) is 4.72 Å². The number of nitrogens with one attached hydrogen (secondary N) is 1. The average molecular weight is 292 g/mol. The van der Waals surface area contributed by atoms with Crippen LogP contribution in [0.4, 0.5) is 5.69 Å². The highest BCUT2D eigenvalue weighted by Crippen LogP contribution is 2.23. The number of benzene rings is 1. The molecule has 98 valence electrons. The number of nitrogens with zero attached hydrogens (tertiary/aromatic N) is 1. The number of anilines is 1. The molecule has 1 N–H and O–H groups in total. The minimum Gasteiger partial charge on any atom is -0.279 e. The summed E-state index contributed by atoms with van der Waals surface area (Å²) in [6.45, 7) is 2.01. The maximum atomic E-state index is 12.1. The predicted octanol–water partition coefficient (Wildman–Crippen LogP) is 2.98. The maximum Gasteiger partial charge on any atom is 0.271 e. The summed E-state index contributed by atoms with van der Waals surface area (Å²) in [7, 11) is -3.61. The molecule has 0 saturated heterocycles. The molecule has 19 heavy (non-hydrogen) atoms. The smallest absolute Gasteiger partial charge is 0.271 e. The summed E-state index contributed by atoms with van der Waals surface area (Å²) in [6, 6.07) is 12.1. The van der Waals surface area contributed by atoms with Crippen LogP contribution < -0.4 is 4.72 Å². The Morgan fingerprint density at radius 3 is 2.74 bits per heavy atom. The first kappa shape index (κ1) is 13.6.